The summed E-state index contributed by atoms with van der Waals surface area (Å²) in [6, 6.07) is 0. The van der Waals surface area contributed by atoms with Crippen LogP contribution < -0.4 is 0 Å². The van der Waals surface area contributed by atoms with Crippen LogP contribution in [0.5, 0.6) is 0 Å². The van der Waals surface area contributed by atoms with Crippen LogP contribution in [0, 0.1) is 17.8 Å². The summed E-state index contributed by atoms with van der Waals surface area (Å²) in [5.74, 6) is 1.57. The molecule has 1 amide bonds. The van der Waals surface area contributed by atoms with Crippen molar-refractivity contribution in [1.29, 1.82) is 0 Å². The first-order valence-corrected chi connectivity index (χ1v) is 4.65. The molecule has 0 radical (unpaired) electrons. The van der Waals surface area contributed by atoms with Crippen LogP contribution in [0.3, 0.4) is 0 Å². The fraction of sp³-hybridized carbons (Fsp3) is 0.889. The lowest BCUT2D eigenvalue weighted by Gasteiger charge is -2.17. The molecular weight excluding hydrogens is 168 g/mol. The van der Waals surface area contributed by atoms with Gasteiger partial charge in [-0.3, -0.25) is 9.63 Å². The van der Waals surface area contributed by atoms with E-state index in [0.29, 0.717) is 11.8 Å². The molecule has 0 spiro atoms. The Morgan fingerprint density at radius 3 is 2.46 bits per heavy atom. The number of likely N-dealkylation sites (tertiary alicyclic amines) is 1. The molecule has 74 valence electrons. The maximum atomic E-state index is 11.6. The lowest BCUT2D eigenvalue weighted by Crippen LogP contribution is -2.31. The van der Waals surface area contributed by atoms with Gasteiger partial charge in [-0.1, -0.05) is 0 Å². The van der Waals surface area contributed by atoms with E-state index in [0.717, 1.165) is 13.1 Å². The summed E-state index contributed by atoms with van der Waals surface area (Å²) in [4.78, 5) is 18.8. The minimum absolute atomic E-state index is 0.144. The van der Waals surface area contributed by atoms with Crippen molar-refractivity contribution in [3.05, 3.63) is 0 Å². The van der Waals surface area contributed by atoms with E-state index >= 15 is 0 Å². The van der Waals surface area contributed by atoms with Crippen molar-refractivity contribution >= 4 is 5.91 Å². The van der Waals surface area contributed by atoms with Crippen molar-refractivity contribution < 1.29 is 9.63 Å². The van der Waals surface area contributed by atoms with E-state index in [2.05, 4.69) is 11.9 Å². The Morgan fingerprint density at radius 1 is 1.46 bits per heavy atom. The maximum absolute atomic E-state index is 11.6. The van der Waals surface area contributed by atoms with Gasteiger partial charge in [-0.25, -0.2) is 5.06 Å². The molecule has 1 aliphatic heterocycles. The molecule has 2 rings (SSSR count). The first-order valence-electron chi connectivity index (χ1n) is 4.65. The molecule has 0 N–H and O–H groups in total. The Hall–Kier alpha value is -0.610. The lowest BCUT2D eigenvalue weighted by molar-refractivity contribution is -0.171. The first-order chi connectivity index (χ1) is 6.15. The van der Waals surface area contributed by atoms with Gasteiger partial charge in [0, 0.05) is 26.1 Å². The predicted octanol–water partition coefficient (Wildman–Crippen LogP) is -0.186. The van der Waals surface area contributed by atoms with Gasteiger partial charge < -0.3 is 4.90 Å². The summed E-state index contributed by atoms with van der Waals surface area (Å²) < 4.78 is 0. The lowest BCUT2D eigenvalue weighted by atomic mass is 10.2. The van der Waals surface area contributed by atoms with Crippen molar-refractivity contribution in [3.8, 4) is 0 Å². The molecule has 4 heteroatoms. The molecule has 2 fully saturated rings. The van der Waals surface area contributed by atoms with E-state index in [1.54, 1.807) is 7.05 Å². The second kappa shape index (κ2) is 2.96. The molecule has 1 saturated carbocycles. The van der Waals surface area contributed by atoms with E-state index in [9.17, 15) is 4.79 Å². The van der Waals surface area contributed by atoms with Crippen molar-refractivity contribution in [2.75, 3.05) is 34.3 Å². The molecule has 13 heavy (non-hydrogen) atoms. The van der Waals surface area contributed by atoms with Gasteiger partial charge in [0.15, 0.2) is 0 Å². The monoisotopic (exact) mass is 184 g/mol. The fourth-order valence-electron chi connectivity index (χ4n) is 2.40. The molecule has 1 unspecified atom stereocenters. The zero-order chi connectivity index (χ0) is 9.59. The Labute approximate surface area is 78.4 Å². The molecule has 3 atom stereocenters. The number of hydroxylamine groups is 2. The summed E-state index contributed by atoms with van der Waals surface area (Å²) in [6.45, 7) is 2.14. The number of rotatable bonds is 2. The molecule has 1 saturated heterocycles. The molecular formula is C9H16N2O2. The summed E-state index contributed by atoms with van der Waals surface area (Å²) in [5.41, 5.74) is 0. The third-order valence-corrected chi connectivity index (χ3v) is 3.25. The quantitative estimate of drug-likeness (QED) is 0.558. The summed E-state index contributed by atoms with van der Waals surface area (Å²) in [7, 11) is 5.32. The number of amides is 1. The average Bonchev–Trinajstić information content (AvgIpc) is 2.62. The number of carbonyl (C=O) groups is 1. The van der Waals surface area contributed by atoms with E-state index in [1.165, 1.54) is 12.2 Å². The molecule has 0 aromatic rings. The normalized spacial score (nSPS) is 37.3. The highest BCUT2D eigenvalue weighted by molar-refractivity contribution is 5.81. The van der Waals surface area contributed by atoms with Crippen LogP contribution in [0.2, 0.25) is 0 Å². The zero-order valence-electron chi connectivity index (χ0n) is 8.36. The zero-order valence-corrected chi connectivity index (χ0v) is 8.36. The van der Waals surface area contributed by atoms with Crippen LogP contribution >= 0.6 is 0 Å². The molecule has 0 bridgehead atoms. The van der Waals surface area contributed by atoms with Crippen LogP contribution in [0.4, 0.5) is 0 Å². The Kier molecular flexibility index (Phi) is 2.04. The smallest absolute Gasteiger partial charge is 0.249 e. The van der Waals surface area contributed by atoms with Crippen molar-refractivity contribution in [2.24, 2.45) is 17.8 Å². The second-order valence-electron chi connectivity index (χ2n) is 4.09. The van der Waals surface area contributed by atoms with Crippen molar-refractivity contribution in [3.63, 3.8) is 0 Å². The van der Waals surface area contributed by atoms with Gasteiger partial charge in [0.2, 0.25) is 5.91 Å². The fourth-order valence-corrected chi connectivity index (χ4v) is 2.40. The molecule has 0 aromatic heterocycles. The Bertz CT molecular complexity index is 220. The largest absolute Gasteiger partial charge is 0.306 e. The first kappa shape index (κ1) is 8.97. The van der Waals surface area contributed by atoms with Gasteiger partial charge in [0.1, 0.15) is 0 Å². The molecule has 1 aliphatic carbocycles. The number of hydrogen-bond acceptors (Lipinski definition) is 3. The number of nitrogens with zero attached hydrogens (tertiary/aromatic N) is 2. The van der Waals surface area contributed by atoms with E-state index in [1.807, 2.05) is 0 Å². The molecule has 1 heterocycles. The van der Waals surface area contributed by atoms with Crippen LogP contribution in [-0.2, 0) is 9.63 Å². The highest BCUT2D eigenvalue weighted by Crippen LogP contribution is 2.51. The third-order valence-electron chi connectivity index (χ3n) is 3.25. The summed E-state index contributed by atoms with van der Waals surface area (Å²) in [6.07, 6.45) is 0. The standard InChI is InChI=1S/C9H16N2O2/c1-10-4-6-7(5-10)8(6)9(12)11(2)13-3/h6-8H,4-5H2,1-3H3/t6-,7+,8?. The average molecular weight is 184 g/mol. The van der Waals surface area contributed by atoms with Crippen LogP contribution in [0.15, 0.2) is 0 Å². The molecule has 2 aliphatic rings. The van der Waals surface area contributed by atoms with Crippen LogP contribution in [0.25, 0.3) is 0 Å². The summed E-state index contributed by atoms with van der Waals surface area (Å²) in [5, 5.41) is 1.35. The van der Waals surface area contributed by atoms with E-state index < -0.39 is 0 Å². The van der Waals surface area contributed by atoms with Gasteiger partial charge in [0.25, 0.3) is 0 Å². The minimum atomic E-state index is 0.144. The highest BCUT2D eigenvalue weighted by atomic mass is 16.7. The maximum Gasteiger partial charge on any atom is 0.249 e. The number of piperidine rings is 1. The van der Waals surface area contributed by atoms with Gasteiger partial charge >= 0.3 is 0 Å². The van der Waals surface area contributed by atoms with Gasteiger partial charge in [0.05, 0.1) is 7.11 Å². The number of carbonyl (C=O) groups excluding carboxylic acids is 1. The van der Waals surface area contributed by atoms with Gasteiger partial charge in [-0.2, -0.15) is 0 Å². The van der Waals surface area contributed by atoms with E-state index in [-0.39, 0.29) is 11.8 Å². The van der Waals surface area contributed by atoms with Gasteiger partial charge in [-0.05, 0) is 18.9 Å². The predicted molar refractivity (Wildman–Crippen MR) is 47.7 cm³/mol. The highest BCUT2D eigenvalue weighted by Gasteiger charge is 2.59. The second-order valence-corrected chi connectivity index (χ2v) is 4.09. The number of hydrogen-bond donors (Lipinski definition) is 0. The van der Waals surface area contributed by atoms with E-state index in [4.69, 9.17) is 4.84 Å². The molecule has 4 nitrogen and oxygen atoms in total. The third kappa shape index (κ3) is 1.34. The number of fused-ring (bicyclic) bond motifs is 1. The minimum Gasteiger partial charge on any atom is -0.306 e. The summed E-state index contributed by atoms with van der Waals surface area (Å²) >= 11 is 0. The SMILES string of the molecule is CON(C)C(=O)C1[C@H]2CN(C)C[C@@H]12. The Morgan fingerprint density at radius 2 is 2.00 bits per heavy atom. The van der Waals surface area contributed by atoms with Crippen LogP contribution in [0.1, 0.15) is 0 Å². The van der Waals surface area contributed by atoms with Crippen molar-refractivity contribution in [2.45, 2.75) is 0 Å². The van der Waals surface area contributed by atoms with Crippen LogP contribution in [-0.4, -0.2) is 50.2 Å². The van der Waals surface area contributed by atoms with Crippen molar-refractivity contribution in [1.82, 2.24) is 9.96 Å². The van der Waals surface area contributed by atoms with Gasteiger partial charge in [-0.15, -0.1) is 0 Å². The molecule has 0 aromatic carbocycles. The Balaban J connectivity index is 1.90. The topological polar surface area (TPSA) is 32.8 Å².